The third-order valence-electron chi connectivity index (χ3n) is 6.78. The van der Waals surface area contributed by atoms with Crippen molar-refractivity contribution in [1.29, 1.82) is 0 Å². The summed E-state index contributed by atoms with van der Waals surface area (Å²) in [6.07, 6.45) is -5.29. The van der Waals surface area contributed by atoms with E-state index in [-0.39, 0.29) is 24.9 Å². The van der Waals surface area contributed by atoms with Gasteiger partial charge in [-0.25, -0.2) is 0 Å². The number of rotatable bonds is 9. The Kier molecular flexibility index (Phi) is 8.23. The molecule has 0 bridgehead atoms. The Morgan fingerprint density at radius 2 is 1.69 bits per heavy atom. The molecule has 10 heteroatoms. The number of methoxy groups -OCH3 is 2. The first kappa shape index (κ1) is 26.5. The van der Waals surface area contributed by atoms with Crippen molar-refractivity contribution in [2.45, 2.75) is 62.5 Å². The third kappa shape index (κ3) is 5.10. The molecule has 1 saturated heterocycles. The summed E-state index contributed by atoms with van der Waals surface area (Å²) in [4.78, 5) is 0. The lowest BCUT2D eigenvalue weighted by atomic mass is 9.90. The van der Waals surface area contributed by atoms with Crippen LogP contribution >= 0.6 is 0 Å². The zero-order valence-corrected chi connectivity index (χ0v) is 20.5. The molecule has 2 aromatic carbocycles. The van der Waals surface area contributed by atoms with Gasteiger partial charge in [-0.1, -0.05) is 12.1 Å². The highest BCUT2D eigenvalue weighted by molar-refractivity contribution is 5.56. The first-order valence-electron chi connectivity index (χ1n) is 12.0. The summed E-state index contributed by atoms with van der Waals surface area (Å²) in [5.74, 6) is 0.991. The van der Waals surface area contributed by atoms with Gasteiger partial charge in [0.15, 0.2) is 29.3 Å². The van der Waals surface area contributed by atoms with E-state index in [4.69, 9.17) is 23.7 Å². The van der Waals surface area contributed by atoms with Gasteiger partial charge in [-0.3, -0.25) is 0 Å². The Hall–Kier alpha value is -2.60. The molecule has 1 fully saturated rings. The minimum absolute atomic E-state index is 0.00584. The molecule has 4 rings (SSSR count). The molecule has 2 aromatic rings. The first-order valence-corrected chi connectivity index (χ1v) is 12.0. The van der Waals surface area contributed by atoms with E-state index in [0.29, 0.717) is 30.1 Å². The van der Waals surface area contributed by atoms with Crippen molar-refractivity contribution in [3.63, 3.8) is 0 Å². The molecule has 0 saturated carbocycles. The number of phenols is 1. The van der Waals surface area contributed by atoms with Crippen LogP contribution in [0.5, 0.6) is 23.0 Å². The second-order valence-corrected chi connectivity index (χ2v) is 9.13. The van der Waals surface area contributed by atoms with E-state index < -0.39 is 36.8 Å². The SMILES string of the molecule is COc1cc([C@H]2Oc3c(OC)cc(CCCO)cc3[C@@H]2CO[C@@H]2O[C@@H](C)[C@H](O)[C@@H](O)[C@H]2O)ccc1O. The summed E-state index contributed by atoms with van der Waals surface area (Å²) in [6.45, 7) is 1.69. The fraction of sp³-hybridized carbons (Fsp3) is 0.538. The van der Waals surface area contributed by atoms with Gasteiger partial charge in [-0.2, -0.15) is 0 Å². The molecule has 2 heterocycles. The molecule has 2 aliphatic rings. The number of fused-ring (bicyclic) bond motifs is 1. The molecule has 5 N–H and O–H groups in total. The molecule has 10 nitrogen and oxygen atoms in total. The van der Waals surface area contributed by atoms with Crippen molar-refractivity contribution in [3.8, 4) is 23.0 Å². The van der Waals surface area contributed by atoms with Gasteiger partial charge in [0, 0.05) is 12.2 Å². The first-order chi connectivity index (χ1) is 17.3. The number of hydrogen-bond acceptors (Lipinski definition) is 10. The standard InChI is InChI=1S/C26H34O10/c1-13-21(29)22(30)23(31)26(35-13)34-12-17-16-9-14(5-4-8-27)10-20(33-3)25(16)36-24(17)15-6-7-18(28)19(11-15)32-2/h6-7,9-11,13,17,21-24,26-31H,4-5,8,12H2,1-3H3/t13-,17-,21-,22+,23+,24+,26+/m0/s1. The highest BCUT2D eigenvalue weighted by atomic mass is 16.7. The van der Waals surface area contributed by atoms with Gasteiger partial charge in [-0.05, 0) is 49.1 Å². The van der Waals surface area contributed by atoms with Crippen molar-refractivity contribution in [3.05, 3.63) is 47.0 Å². The van der Waals surface area contributed by atoms with Crippen LogP contribution in [0.25, 0.3) is 0 Å². The monoisotopic (exact) mass is 506 g/mol. The van der Waals surface area contributed by atoms with Gasteiger partial charge in [-0.15, -0.1) is 0 Å². The van der Waals surface area contributed by atoms with Crippen molar-refractivity contribution in [2.24, 2.45) is 0 Å². The summed E-state index contributed by atoms with van der Waals surface area (Å²) in [6, 6.07) is 8.80. The highest BCUT2D eigenvalue weighted by Crippen LogP contribution is 2.52. The molecule has 36 heavy (non-hydrogen) atoms. The smallest absolute Gasteiger partial charge is 0.186 e. The topological polar surface area (TPSA) is 147 Å². The Bertz CT molecular complexity index is 1040. The van der Waals surface area contributed by atoms with Crippen molar-refractivity contribution in [2.75, 3.05) is 27.4 Å². The van der Waals surface area contributed by atoms with Crippen LogP contribution in [-0.2, 0) is 15.9 Å². The molecule has 7 atom stereocenters. The summed E-state index contributed by atoms with van der Waals surface area (Å²) in [7, 11) is 3.01. The van der Waals surface area contributed by atoms with Crippen LogP contribution in [-0.4, -0.2) is 83.7 Å². The Morgan fingerprint density at radius 1 is 0.944 bits per heavy atom. The van der Waals surface area contributed by atoms with E-state index in [2.05, 4.69) is 0 Å². The number of aryl methyl sites for hydroxylation is 1. The number of ether oxygens (including phenoxy) is 5. The quantitative estimate of drug-likeness (QED) is 0.338. The fourth-order valence-electron chi connectivity index (χ4n) is 4.73. The average Bonchev–Trinajstić information content (AvgIpc) is 3.25. The van der Waals surface area contributed by atoms with Gasteiger partial charge >= 0.3 is 0 Å². The maximum atomic E-state index is 10.4. The normalized spacial score (nSPS) is 29.5. The lowest BCUT2D eigenvalue weighted by Gasteiger charge is -2.39. The van der Waals surface area contributed by atoms with Gasteiger partial charge < -0.3 is 49.2 Å². The number of phenolic OH excluding ortho intramolecular Hbond substituents is 1. The number of benzene rings is 2. The number of hydrogen-bond donors (Lipinski definition) is 5. The summed E-state index contributed by atoms with van der Waals surface area (Å²) in [5, 5.41) is 50.0. The molecular weight excluding hydrogens is 472 g/mol. The van der Waals surface area contributed by atoms with E-state index in [1.807, 2.05) is 12.1 Å². The van der Waals surface area contributed by atoms with E-state index in [1.54, 1.807) is 26.2 Å². The largest absolute Gasteiger partial charge is 0.504 e. The van der Waals surface area contributed by atoms with Crippen molar-refractivity contribution >= 4 is 0 Å². The highest BCUT2D eigenvalue weighted by Gasteiger charge is 2.44. The van der Waals surface area contributed by atoms with Gasteiger partial charge in [0.1, 0.15) is 24.4 Å². The second kappa shape index (κ2) is 11.2. The molecule has 0 radical (unpaired) electrons. The van der Waals surface area contributed by atoms with Crippen LogP contribution in [0.1, 0.15) is 42.1 Å². The van der Waals surface area contributed by atoms with Crippen molar-refractivity contribution < 1.29 is 49.2 Å². The summed E-state index contributed by atoms with van der Waals surface area (Å²) in [5.41, 5.74) is 2.50. The molecule has 0 aliphatic carbocycles. The van der Waals surface area contributed by atoms with Gasteiger partial charge in [0.05, 0.1) is 32.8 Å². The fourth-order valence-corrected chi connectivity index (χ4v) is 4.73. The maximum absolute atomic E-state index is 10.4. The average molecular weight is 507 g/mol. The number of aliphatic hydroxyl groups is 4. The molecular formula is C26H34O10. The maximum Gasteiger partial charge on any atom is 0.186 e. The van der Waals surface area contributed by atoms with Crippen molar-refractivity contribution in [1.82, 2.24) is 0 Å². The van der Waals surface area contributed by atoms with Crippen LogP contribution < -0.4 is 14.2 Å². The van der Waals surface area contributed by atoms with Crippen LogP contribution in [0, 0.1) is 0 Å². The zero-order valence-electron chi connectivity index (χ0n) is 20.5. The van der Waals surface area contributed by atoms with Crippen LogP contribution in [0.15, 0.2) is 30.3 Å². The second-order valence-electron chi connectivity index (χ2n) is 9.13. The predicted octanol–water partition coefficient (Wildman–Crippen LogP) is 1.40. The van der Waals surface area contributed by atoms with E-state index >= 15 is 0 Å². The van der Waals surface area contributed by atoms with E-state index in [9.17, 15) is 25.5 Å². The Balaban J connectivity index is 1.68. The van der Waals surface area contributed by atoms with E-state index in [1.165, 1.54) is 13.2 Å². The lowest BCUT2D eigenvalue weighted by Crippen LogP contribution is -2.57. The number of aliphatic hydroxyl groups excluding tert-OH is 4. The number of aromatic hydroxyl groups is 1. The molecule has 0 aromatic heterocycles. The summed E-state index contributed by atoms with van der Waals surface area (Å²) >= 11 is 0. The lowest BCUT2D eigenvalue weighted by molar-refractivity contribution is -0.294. The molecule has 198 valence electrons. The molecule has 0 amide bonds. The predicted molar refractivity (Wildman–Crippen MR) is 127 cm³/mol. The minimum Gasteiger partial charge on any atom is -0.504 e. The molecule has 0 unspecified atom stereocenters. The Morgan fingerprint density at radius 3 is 2.39 bits per heavy atom. The minimum atomic E-state index is -1.43. The van der Waals surface area contributed by atoms with Crippen LogP contribution in [0.2, 0.25) is 0 Å². The molecule has 2 aliphatic heterocycles. The van der Waals surface area contributed by atoms with Gasteiger partial charge in [0.25, 0.3) is 0 Å². The Labute approximate surface area is 209 Å². The zero-order chi connectivity index (χ0) is 26.0. The van der Waals surface area contributed by atoms with Crippen LogP contribution in [0.4, 0.5) is 0 Å². The van der Waals surface area contributed by atoms with E-state index in [0.717, 1.165) is 16.7 Å². The van der Waals surface area contributed by atoms with Gasteiger partial charge in [0.2, 0.25) is 0 Å². The third-order valence-corrected chi connectivity index (χ3v) is 6.78. The summed E-state index contributed by atoms with van der Waals surface area (Å²) < 4.78 is 28.8. The van der Waals surface area contributed by atoms with Crippen LogP contribution in [0.3, 0.4) is 0 Å². The molecule has 0 spiro atoms.